The van der Waals surface area contributed by atoms with Crippen LogP contribution in [0.3, 0.4) is 0 Å². The average molecular weight is 262 g/mol. The van der Waals surface area contributed by atoms with Crippen LogP contribution in [0.5, 0.6) is 0 Å². The topological polar surface area (TPSA) is 86.0 Å². The van der Waals surface area contributed by atoms with Gasteiger partial charge in [0.05, 0.1) is 26.4 Å². The van der Waals surface area contributed by atoms with Crippen molar-refractivity contribution in [3.8, 4) is 0 Å². The van der Waals surface area contributed by atoms with E-state index in [1.165, 1.54) is 0 Å². The minimum Gasteiger partial charge on any atom is -0.437 e. The van der Waals surface area contributed by atoms with Crippen LogP contribution in [0, 0.1) is 0 Å². The van der Waals surface area contributed by atoms with Gasteiger partial charge in [-0.15, -0.1) is 0 Å². The van der Waals surface area contributed by atoms with E-state index in [9.17, 15) is 0 Å². The quantitative estimate of drug-likeness (QED) is 0.288. The predicted molar refractivity (Wildman–Crippen MR) is 72.6 cm³/mol. The Balaban J connectivity index is 2.90. The first-order chi connectivity index (χ1) is 8.77. The number of rotatable bonds is 14. The molecule has 0 unspecified atom stereocenters. The molecule has 6 nitrogen and oxygen atoms in total. The Bertz CT molecular complexity index is 164. The summed E-state index contributed by atoms with van der Waals surface area (Å²) in [6.07, 6.45) is 1.77. The lowest BCUT2D eigenvalue weighted by atomic mass is 9.89. The third-order valence-electron chi connectivity index (χ3n) is 2.14. The summed E-state index contributed by atoms with van der Waals surface area (Å²) in [5, 5.41) is 11.8. The number of ether oxygens (including phenoxy) is 3. The molecule has 18 heavy (non-hydrogen) atoms. The maximum atomic E-state index is 8.94. The van der Waals surface area contributed by atoms with E-state index in [1.807, 2.05) is 0 Å². The summed E-state index contributed by atoms with van der Waals surface area (Å²) in [4.78, 5) is 0. The van der Waals surface area contributed by atoms with Crippen molar-refractivity contribution in [2.45, 2.75) is 19.7 Å². The van der Waals surface area contributed by atoms with Crippen LogP contribution in [0.15, 0.2) is 0 Å². The summed E-state index contributed by atoms with van der Waals surface area (Å²) in [5.41, 5.74) is 5.33. The van der Waals surface area contributed by atoms with E-state index in [1.54, 1.807) is 6.82 Å². The summed E-state index contributed by atoms with van der Waals surface area (Å²) < 4.78 is 16.0. The normalized spacial score (nSPS) is 10.8. The molecule has 0 aliphatic heterocycles. The Morgan fingerprint density at radius 2 is 1.44 bits per heavy atom. The third kappa shape index (κ3) is 15.8. The fourth-order valence-electron chi connectivity index (χ4n) is 1.21. The van der Waals surface area contributed by atoms with Crippen LogP contribution in [-0.4, -0.2) is 64.8 Å². The van der Waals surface area contributed by atoms with Crippen molar-refractivity contribution in [1.29, 1.82) is 0 Å². The molecule has 0 saturated heterocycles. The Labute approximate surface area is 110 Å². The van der Waals surface area contributed by atoms with E-state index in [0.717, 1.165) is 19.4 Å². The van der Waals surface area contributed by atoms with E-state index >= 15 is 0 Å². The van der Waals surface area contributed by atoms with Gasteiger partial charge in [0.1, 0.15) is 0 Å². The van der Waals surface area contributed by atoms with Crippen molar-refractivity contribution in [3.05, 3.63) is 0 Å². The maximum Gasteiger partial charge on any atom is 0.373 e. The SMILES string of the molecule is CB(O)NCCCOCCOCCOCCCN. The summed E-state index contributed by atoms with van der Waals surface area (Å²) in [6.45, 7) is 6.89. The molecule has 0 aliphatic carbocycles. The zero-order chi connectivity index (χ0) is 13.5. The minimum atomic E-state index is -0.451. The Hall–Kier alpha value is -0.175. The zero-order valence-electron chi connectivity index (χ0n) is 11.4. The van der Waals surface area contributed by atoms with Gasteiger partial charge in [0.15, 0.2) is 0 Å². The second kappa shape index (κ2) is 14.9. The highest BCUT2D eigenvalue weighted by Crippen LogP contribution is 1.85. The maximum absolute atomic E-state index is 8.94. The first-order valence-corrected chi connectivity index (χ1v) is 6.62. The molecule has 0 aliphatic rings. The first-order valence-electron chi connectivity index (χ1n) is 6.62. The molecular formula is C11H27BN2O4. The van der Waals surface area contributed by atoms with Crippen LogP contribution >= 0.6 is 0 Å². The van der Waals surface area contributed by atoms with Crippen molar-refractivity contribution >= 4 is 7.05 Å². The number of hydrogen-bond acceptors (Lipinski definition) is 6. The van der Waals surface area contributed by atoms with E-state index in [-0.39, 0.29) is 0 Å². The second-order valence-corrected chi connectivity index (χ2v) is 3.96. The molecule has 0 amide bonds. The molecule has 0 radical (unpaired) electrons. The molecule has 0 aromatic carbocycles. The molecule has 7 heteroatoms. The lowest BCUT2D eigenvalue weighted by Crippen LogP contribution is -2.31. The van der Waals surface area contributed by atoms with Gasteiger partial charge in [-0.3, -0.25) is 0 Å². The summed E-state index contributed by atoms with van der Waals surface area (Å²) in [7, 11) is -0.451. The molecule has 4 N–H and O–H groups in total. The van der Waals surface area contributed by atoms with Gasteiger partial charge in [-0.1, -0.05) is 0 Å². The predicted octanol–water partition coefficient (Wildman–Crippen LogP) is -0.525. The number of hydrogen-bond donors (Lipinski definition) is 3. The van der Waals surface area contributed by atoms with Crippen molar-refractivity contribution in [2.75, 3.05) is 52.7 Å². The standard InChI is InChI=1S/C11H27BN2O4/c1-12(15)14-5-3-7-17-9-11-18-10-8-16-6-2-4-13/h14-15H,2-11,13H2,1H3. The van der Waals surface area contributed by atoms with Crippen LogP contribution in [0.4, 0.5) is 0 Å². The molecule has 0 bridgehead atoms. The summed E-state index contributed by atoms with van der Waals surface area (Å²) >= 11 is 0. The lowest BCUT2D eigenvalue weighted by molar-refractivity contribution is 0.0142. The Kier molecular flexibility index (Phi) is 14.7. The van der Waals surface area contributed by atoms with E-state index in [4.69, 9.17) is 25.0 Å². The van der Waals surface area contributed by atoms with E-state index in [2.05, 4.69) is 5.23 Å². The molecule has 108 valence electrons. The van der Waals surface area contributed by atoms with Crippen LogP contribution in [0.25, 0.3) is 0 Å². The molecule has 0 fully saturated rings. The highest BCUT2D eigenvalue weighted by atomic mass is 16.5. The molecule has 0 spiro atoms. The van der Waals surface area contributed by atoms with Crippen molar-refractivity contribution in [2.24, 2.45) is 5.73 Å². The van der Waals surface area contributed by atoms with Gasteiger partial charge in [-0.2, -0.15) is 0 Å². The van der Waals surface area contributed by atoms with Crippen LogP contribution in [-0.2, 0) is 14.2 Å². The van der Waals surface area contributed by atoms with Crippen molar-refractivity contribution < 1.29 is 19.2 Å². The molecule has 0 rings (SSSR count). The van der Waals surface area contributed by atoms with E-state index < -0.39 is 7.05 Å². The fourth-order valence-corrected chi connectivity index (χ4v) is 1.21. The van der Waals surface area contributed by atoms with Gasteiger partial charge in [0.2, 0.25) is 0 Å². The largest absolute Gasteiger partial charge is 0.437 e. The third-order valence-corrected chi connectivity index (χ3v) is 2.14. The molecule has 0 atom stereocenters. The smallest absolute Gasteiger partial charge is 0.373 e. The second-order valence-electron chi connectivity index (χ2n) is 3.96. The van der Waals surface area contributed by atoms with Crippen LogP contribution in [0.2, 0.25) is 6.82 Å². The molecule has 0 aromatic heterocycles. The van der Waals surface area contributed by atoms with Crippen LogP contribution in [0.1, 0.15) is 12.8 Å². The van der Waals surface area contributed by atoms with Gasteiger partial charge in [0.25, 0.3) is 0 Å². The number of nitrogens with two attached hydrogens (primary N) is 1. The molecular weight excluding hydrogens is 235 g/mol. The van der Waals surface area contributed by atoms with Gasteiger partial charge in [0, 0.05) is 13.2 Å². The highest BCUT2D eigenvalue weighted by molar-refractivity contribution is 6.45. The van der Waals surface area contributed by atoms with Crippen molar-refractivity contribution in [1.82, 2.24) is 5.23 Å². The van der Waals surface area contributed by atoms with E-state index in [0.29, 0.717) is 46.2 Å². The zero-order valence-corrected chi connectivity index (χ0v) is 11.4. The average Bonchev–Trinajstić information content (AvgIpc) is 2.34. The number of nitrogens with one attached hydrogen (secondary N) is 1. The molecule has 0 saturated carbocycles. The van der Waals surface area contributed by atoms with Gasteiger partial charge >= 0.3 is 7.05 Å². The first kappa shape index (κ1) is 17.8. The highest BCUT2D eigenvalue weighted by Gasteiger charge is 1.99. The Morgan fingerprint density at radius 1 is 0.944 bits per heavy atom. The summed E-state index contributed by atoms with van der Waals surface area (Å²) in [5.74, 6) is 0. The Morgan fingerprint density at radius 3 is 1.94 bits per heavy atom. The minimum absolute atomic E-state index is 0.451. The monoisotopic (exact) mass is 262 g/mol. The lowest BCUT2D eigenvalue weighted by Gasteiger charge is -2.07. The molecule has 0 aromatic rings. The van der Waals surface area contributed by atoms with Gasteiger partial charge in [-0.05, 0) is 32.8 Å². The van der Waals surface area contributed by atoms with Crippen molar-refractivity contribution in [3.63, 3.8) is 0 Å². The fraction of sp³-hybridized carbons (Fsp3) is 1.00. The molecule has 0 heterocycles. The van der Waals surface area contributed by atoms with Gasteiger partial charge in [-0.25, -0.2) is 0 Å². The van der Waals surface area contributed by atoms with Crippen LogP contribution < -0.4 is 11.0 Å². The summed E-state index contributed by atoms with van der Waals surface area (Å²) in [6, 6.07) is 0. The van der Waals surface area contributed by atoms with Gasteiger partial charge < -0.3 is 30.2 Å².